The lowest BCUT2D eigenvalue weighted by molar-refractivity contribution is 0.0691. The van der Waals surface area contributed by atoms with Crippen molar-refractivity contribution in [3.63, 3.8) is 0 Å². The zero-order chi connectivity index (χ0) is 18.6. The number of hydrogen-bond donors (Lipinski definition) is 3. The second-order valence-electron chi connectivity index (χ2n) is 4.56. The Morgan fingerprint density at radius 1 is 1.36 bits per heavy atom. The predicted octanol–water partition coefficient (Wildman–Crippen LogP) is 4.29. The van der Waals surface area contributed by atoms with Crippen LogP contribution < -0.4 is 10.2 Å². The maximum atomic E-state index is 11.1. The molecule has 1 aromatic carbocycles. The summed E-state index contributed by atoms with van der Waals surface area (Å²) in [5, 5.41) is 22.5. The molecule has 25 heavy (non-hydrogen) atoms. The monoisotopic (exact) mass is 403 g/mol. The second-order valence-corrected chi connectivity index (χ2v) is 5.67. The van der Waals surface area contributed by atoms with E-state index in [1.807, 2.05) is 0 Å². The highest BCUT2D eigenvalue weighted by molar-refractivity contribution is 6.46. The first-order valence-corrected chi connectivity index (χ1v) is 8.01. The molecule has 2 rings (SSSR count). The molecule has 0 spiro atoms. The molecule has 0 aliphatic carbocycles. The number of carboxylic acids is 1. The average Bonchev–Trinajstić information content (AvgIpc) is 2.57. The molecule has 0 bridgehead atoms. The fourth-order valence-corrected chi connectivity index (χ4v) is 2.50. The largest absolute Gasteiger partial charge is 0.504 e. The molecule has 1 aromatic heterocycles. The summed E-state index contributed by atoms with van der Waals surface area (Å²) in [4.78, 5) is 14.7. The van der Waals surface area contributed by atoms with E-state index in [0.29, 0.717) is 17.9 Å². The normalized spacial score (nSPS) is 10.9. The molecular weight excluding hydrogens is 393 g/mol. The molecule has 0 aliphatic rings. The van der Waals surface area contributed by atoms with E-state index in [-0.39, 0.29) is 26.6 Å². The second kappa shape index (κ2) is 8.24. The number of hydrogen-bond acceptors (Lipinski definition) is 6. The molecule has 1 heterocycles. The zero-order valence-electron chi connectivity index (χ0n) is 12.8. The molecule has 0 amide bonds. The number of nitrogens with one attached hydrogen (secondary N) is 1. The number of aromatic hydroxyl groups is 1. The van der Waals surface area contributed by atoms with Gasteiger partial charge in [-0.05, 0) is 19.1 Å². The van der Waals surface area contributed by atoms with Crippen LogP contribution in [-0.2, 0) is 0 Å². The number of rotatable bonds is 6. The van der Waals surface area contributed by atoms with E-state index >= 15 is 0 Å². The topological polar surface area (TPSA) is 104 Å². The Balaban J connectivity index is 2.32. The minimum Gasteiger partial charge on any atom is -0.504 e. The number of nitrogens with zero attached hydrogens (tertiary/aromatic N) is 2. The lowest BCUT2D eigenvalue weighted by Crippen LogP contribution is -2.05. The van der Waals surface area contributed by atoms with Gasteiger partial charge in [0.15, 0.2) is 22.3 Å². The number of carbonyl (C=O) groups is 1. The van der Waals surface area contributed by atoms with Crippen molar-refractivity contribution in [1.29, 1.82) is 0 Å². The Hall–Kier alpha value is -2.22. The average molecular weight is 405 g/mol. The van der Waals surface area contributed by atoms with Crippen LogP contribution in [0.25, 0.3) is 0 Å². The highest BCUT2D eigenvalue weighted by Crippen LogP contribution is 2.37. The van der Waals surface area contributed by atoms with Gasteiger partial charge in [-0.3, -0.25) is 5.43 Å². The van der Waals surface area contributed by atoms with E-state index < -0.39 is 11.7 Å². The van der Waals surface area contributed by atoms with Crippen LogP contribution in [0.15, 0.2) is 23.3 Å². The van der Waals surface area contributed by atoms with Gasteiger partial charge in [0.05, 0.1) is 18.5 Å². The van der Waals surface area contributed by atoms with Crippen molar-refractivity contribution < 1.29 is 19.7 Å². The van der Waals surface area contributed by atoms with Crippen molar-refractivity contribution in [2.24, 2.45) is 5.10 Å². The molecule has 0 atom stereocenters. The number of para-hydroxylation sites is 1. The third kappa shape index (κ3) is 4.25. The maximum Gasteiger partial charge on any atom is 0.356 e. The molecule has 0 fully saturated rings. The van der Waals surface area contributed by atoms with Gasteiger partial charge in [-0.15, -0.1) is 0 Å². The van der Waals surface area contributed by atoms with Gasteiger partial charge in [-0.25, -0.2) is 9.78 Å². The van der Waals surface area contributed by atoms with Gasteiger partial charge in [-0.1, -0.05) is 40.9 Å². The molecule has 10 heteroatoms. The SMILES string of the molecule is CCOc1cccc(C=NNc2c(Cl)c(Cl)nc(C(=O)O)c2Cl)c1O. The Labute approximate surface area is 157 Å². The number of phenols is 1. The van der Waals surface area contributed by atoms with Crippen LogP contribution in [0.5, 0.6) is 11.5 Å². The summed E-state index contributed by atoms with van der Waals surface area (Å²) in [6.07, 6.45) is 1.29. The highest BCUT2D eigenvalue weighted by Gasteiger charge is 2.20. The van der Waals surface area contributed by atoms with Gasteiger partial charge in [0.2, 0.25) is 0 Å². The Morgan fingerprint density at radius 2 is 2.08 bits per heavy atom. The summed E-state index contributed by atoms with van der Waals surface area (Å²) in [7, 11) is 0. The lowest BCUT2D eigenvalue weighted by Gasteiger charge is -2.10. The number of hydrazone groups is 1. The van der Waals surface area contributed by atoms with E-state index in [2.05, 4.69) is 15.5 Å². The van der Waals surface area contributed by atoms with Crippen LogP contribution >= 0.6 is 34.8 Å². The molecule has 0 aliphatic heterocycles. The van der Waals surface area contributed by atoms with E-state index in [9.17, 15) is 9.90 Å². The number of carboxylic acid groups (broad SMARTS) is 1. The van der Waals surface area contributed by atoms with Crippen LogP contribution in [0, 0.1) is 0 Å². The Bertz CT molecular complexity index is 843. The third-order valence-electron chi connectivity index (χ3n) is 2.95. The highest BCUT2D eigenvalue weighted by atomic mass is 35.5. The minimum atomic E-state index is -1.36. The summed E-state index contributed by atoms with van der Waals surface area (Å²) in [6.45, 7) is 2.18. The number of halogens is 3. The van der Waals surface area contributed by atoms with Crippen molar-refractivity contribution in [1.82, 2.24) is 4.98 Å². The van der Waals surface area contributed by atoms with Crippen LogP contribution in [0.4, 0.5) is 5.69 Å². The van der Waals surface area contributed by atoms with Crippen molar-refractivity contribution >= 4 is 52.7 Å². The van der Waals surface area contributed by atoms with E-state index in [1.165, 1.54) is 6.21 Å². The molecular formula is C15H12Cl3N3O4. The molecule has 0 saturated heterocycles. The van der Waals surface area contributed by atoms with Gasteiger partial charge in [-0.2, -0.15) is 5.10 Å². The summed E-state index contributed by atoms with van der Waals surface area (Å²) in [5.74, 6) is -1.15. The van der Waals surface area contributed by atoms with Gasteiger partial charge in [0.1, 0.15) is 10.0 Å². The lowest BCUT2D eigenvalue weighted by atomic mass is 10.2. The van der Waals surface area contributed by atoms with E-state index in [4.69, 9.17) is 44.6 Å². The molecule has 132 valence electrons. The number of benzene rings is 1. The van der Waals surface area contributed by atoms with E-state index in [0.717, 1.165) is 0 Å². The molecule has 3 N–H and O–H groups in total. The number of phenolic OH excluding ortho intramolecular Hbond substituents is 1. The number of aromatic carboxylic acids is 1. The first-order valence-electron chi connectivity index (χ1n) is 6.88. The van der Waals surface area contributed by atoms with E-state index in [1.54, 1.807) is 25.1 Å². The standard InChI is InChI=1S/C15H12Cl3N3O4/c1-2-25-8-5-3-4-7(13(8)22)6-19-21-11-9(16)12(15(23)24)20-14(18)10(11)17/h3-6,22H,2H2,1H3,(H,20,21)(H,23,24). The van der Waals surface area contributed by atoms with Crippen LogP contribution in [0.1, 0.15) is 23.0 Å². The van der Waals surface area contributed by atoms with Crippen LogP contribution in [0.3, 0.4) is 0 Å². The fraction of sp³-hybridized carbons (Fsp3) is 0.133. The Kier molecular flexibility index (Phi) is 6.30. The number of ether oxygens (including phenoxy) is 1. The van der Waals surface area contributed by atoms with Crippen LogP contribution in [-0.4, -0.2) is 34.0 Å². The predicted molar refractivity (Wildman–Crippen MR) is 96.7 cm³/mol. The summed E-state index contributed by atoms with van der Waals surface area (Å²) in [5.41, 5.74) is 2.40. The van der Waals surface area contributed by atoms with Gasteiger partial charge in [0.25, 0.3) is 0 Å². The zero-order valence-corrected chi connectivity index (χ0v) is 15.0. The minimum absolute atomic E-state index is 0.0163. The molecule has 0 unspecified atom stereocenters. The van der Waals surface area contributed by atoms with Gasteiger partial charge in [0, 0.05) is 5.56 Å². The van der Waals surface area contributed by atoms with Crippen molar-refractivity contribution in [2.45, 2.75) is 6.92 Å². The number of aromatic nitrogens is 1. The summed E-state index contributed by atoms with van der Waals surface area (Å²) in [6, 6.07) is 4.89. The van der Waals surface area contributed by atoms with Gasteiger partial charge < -0.3 is 14.9 Å². The van der Waals surface area contributed by atoms with Crippen molar-refractivity contribution in [3.05, 3.63) is 44.7 Å². The van der Waals surface area contributed by atoms with Crippen LogP contribution in [0.2, 0.25) is 15.2 Å². The van der Waals surface area contributed by atoms with Crippen molar-refractivity contribution in [2.75, 3.05) is 12.0 Å². The maximum absolute atomic E-state index is 11.1. The quantitative estimate of drug-likeness (QED) is 0.377. The van der Waals surface area contributed by atoms with Crippen molar-refractivity contribution in [3.8, 4) is 11.5 Å². The molecule has 0 saturated carbocycles. The first-order chi connectivity index (χ1) is 11.9. The summed E-state index contributed by atoms with van der Waals surface area (Å²) >= 11 is 17.7. The fourth-order valence-electron chi connectivity index (χ4n) is 1.84. The number of pyridine rings is 1. The first kappa shape index (κ1) is 19.1. The smallest absolute Gasteiger partial charge is 0.356 e. The summed E-state index contributed by atoms with van der Waals surface area (Å²) < 4.78 is 5.27. The molecule has 7 nitrogen and oxygen atoms in total. The Morgan fingerprint density at radius 3 is 2.72 bits per heavy atom. The van der Waals surface area contributed by atoms with Gasteiger partial charge >= 0.3 is 5.97 Å². The molecule has 0 radical (unpaired) electrons. The number of anilines is 1. The third-order valence-corrected chi connectivity index (χ3v) is 4.06. The molecule has 2 aromatic rings.